The predicted octanol–water partition coefficient (Wildman–Crippen LogP) is 1.67. The molecule has 6 nitrogen and oxygen atoms in total. The zero-order chi connectivity index (χ0) is 13.4. The van der Waals surface area contributed by atoms with E-state index in [2.05, 4.69) is 40.1 Å². The molecule has 3 rings (SSSR count). The molecule has 6 heteroatoms. The topological polar surface area (TPSA) is 61.4 Å². The number of nitrogens with zero attached hydrogens (tertiary/aromatic N) is 6. The van der Waals surface area contributed by atoms with Crippen molar-refractivity contribution >= 4 is 11.0 Å². The van der Waals surface area contributed by atoms with Gasteiger partial charge in [0.15, 0.2) is 11.5 Å². The zero-order valence-electron chi connectivity index (χ0n) is 11.3. The molecular weight excluding hydrogens is 240 g/mol. The van der Waals surface area contributed by atoms with Crippen molar-refractivity contribution in [3.8, 4) is 5.82 Å². The van der Waals surface area contributed by atoms with Crippen LogP contribution in [0, 0.1) is 0 Å². The van der Waals surface area contributed by atoms with E-state index in [9.17, 15) is 0 Å². The molecule has 0 aliphatic rings. The highest BCUT2D eigenvalue weighted by molar-refractivity contribution is 5.81. The lowest BCUT2D eigenvalue weighted by molar-refractivity contribution is 0.770. The molecule has 3 heterocycles. The summed E-state index contributed by atoms with van der Waals surface area (Å²) in [5.74, 6) is 0.801. The molecule has 3 aromatic rings. The first kappa shape index (κ1) is 11.8. The Balaban J connectivity index is 2.26. The van der Waals surface area contributed by atoms with Gasteiger partial charge in [-0.05, 0) is 18.9 Å². The molecule has 0 saturated heterocycles. The molecule has 3 aromatic heterocycles. The van der Waals surface area contributed by atoms with Gasteiger partial charge in [0.25, 0.3) is 0 Å². The highest BCUT2D eigenvalue weighted by Gasteiger charge is 2.14. The van der Waals surface area contributed by atoms with Crippen molar-refractivity contribution < 1.29 is 0 Å². The van der Waals surface area contributed by atoms with Gasteiger partial charge in [0.2, 0.25) is 0 Å². The second-order valence-electron chi connectivity index (χ2n) is 4.45. The van der Waals surface area contributed by atoms with E-state index in [1.807, 2.05) is 11.7 Å². The first-order chi connectivity index (χ1) is 9.24. The minimum atomic E-state index is 0.801. The van der Waals surface area contributed by atoms with Gasteiger partial charge >= 0.3 is 0 Å². The normalized spacial score (nSPS) is 11.3. The summed E-state index contributed by atoms with van der Waals surface area (Å²) >= 11 is 0. The second kappa shape index (κ2) is 4.46. The summed E-state index contributed by atoms with van der Waals surface area (Å²) in [7, 11) is 1.88. The maximum atomic E-state index is 4.62. The molecule has 0 bridgehead atoms. The lowest BCUT2D eigenvalue weighted by Gasteiger charge is -2.05. The lowest BCUT2D eigenvalue weighted by atomic mass is 10.2. The standard InChI is InChI=1S/C13H16N6/c1-4-9-6-10(5-2)19(17-9)13-11-7-16-18(3)12(11)14-8-15-13/h6-8H,4-5H2,1-3H3. The number of fused-ring (bicyclic) bond motifs is 1. The molecule has 98 valence electrons. The summed E-state index contributed by atoms with van der Waals surface area (Å²) in [6.07, 6.45) is 5.18. The molecule has 19 heavy (non-hydrogen) atoms. The van der Waals surface area contributed by atoms with Crippen LogP contribution in [0.4, 0.5) is 0 Å². The number of aromatic nitrogens is 6. The van der Waals surface area contributed by atoms with Gasteiger partial charge in [-0.3, -0.25) is 4.68 Å². The van der Waals surface area contributed by atoms with Gasteiger partial charge in [-0.15, -0.1) is 0 Å². The third-order valence-corrected chi connectivity index (χ3v) is 3.27. The molecule has 0 aromatic carbocycles. The van der Waals surface area contributed by atoms with E-state index in [1.54, 1.807) is 17.2 Å². The van der Waals surface area contributed by atoms with Crippen LogP contribution in [0.1, 0.15) is 25.2 Å². The van der Waals surface area contributed by atoms with Gasteiger partial charge in [-0.25, -0.2) is 14.6 Å². The molecule has 0 radical (unpaired) electrons. The number of aryl methyl sites for hydroxylation is 3. The van der Waals surface area contributed by atoms with Crippen LogP contribution in [0.25, 0.3) is 16.9 Å². The van der Waals surface area contributed by atoms with Crippen LogP contribution in [-0.2, 0) is 19.9 Å². The predicted molar refractivity (Wildman–Crippen MR) is 72.2 cm³/mol. The average molecular weight is 256 g/mol. The minimum Gasteiger partial charge on any atom is -0.250 e. The van der Waals surface area contributed by atoms with Crippen molar-refractivity contribution in [2.75, 3.05) is 0 Å². The minimum absolute atomic E-state index is 0.801. The van der Waals surface area contributed by atoms with E-state index in [0.717, 1.165) is 41.1 Å². The van der Waals surface area contributed by atoms with Crippen LogP contribution in [0.3, 0.4) is 0 Å². The number of rotatable bonds is 3. The molecule has 0 aliphatic carbocycles. The monoisotopic (exact) mass is 256 g/mol. The van der Waals surface area contributed by atoms with Gasteiger partial charge in [-0.1, -0.05) is 13.8 Å². The van der Waals surface area contributed by atoms with Crippen molar-refractivity contribution in [1.29, 1.82) is 0 Å². The van der Waals surface area contributed by atoms with E-state index in [0.29, 0.717) is 0 Å². The third kappa shape index (κ3) is 1.80. The van der Waals surface area contributed by atoms with Gasteiger partial charge in [0.05, 0.1) is 17.3 Å². The molecule has 0 atom stereocenters. The molecule has 0 amide bonds. The molecule has 0 aliphatic heterocycles. The van der Waals surface area contributed by atoms with Crippen LogP contribution in [-0.4, -0.2) is 29.5 Å². The Morgan fingerprint density at radius 1 is 1.16 bits per heavy atom. The fourth-order valence-electron chi connectivity index (χ4n) is 2.20. The zero-order valence-corrected chi connectivity index (χ0v) is 11.3. The van der Waals surface area contributed by atoms with Crippen molar-refractivity contribution in [1.82, 2.24) is 29.5 Å². The van der Waals surface area contributed by atoms with Crippen molar-refractivity contribution in [3.05, 3.63) is 30.0 Å². The van der Waals surface area contributed by atoms with E-state index >= 15 is 0 Å². The van der Waals surface area contributed by atoms with E-state index < -0.39 is 0 Å². The maximum Gasteiger partial charge on any atom is 0.168 e. The Bertz CT molecular complexity index is 724. The largest absolute Gasteiger partial charge is 0.250 e. The lowest BCUT2D eigenvalue weighted by Crippen LogP contribution is -2.05. The van der Waals surface area contributed by atoms with Crippen LogP contribution in [0.15, 0.2) is 18.6 Å². The molecule has 0 fully saturated rings. The van der Waals surface area contributed by atoms with Crippen molar-refractivity contribution in [2.45, 2.75) is 26.7 Å². The van der Waals surface area contributed by atoms with Gasteiger partial charge in [-0.2, -0.15) is 10.2 Å². The quantitative estimate of drug-likeness (QED) is 0.715. The van der Waals surface area contributed by atoms with Crippen LogP contribution < -0.4 is 0 Å². The molecule has 0 saturated carbocycles. The Labute approximate surface area is 111 Å². The smallest absolute Gasteiger partial charge is 0.168 e. The van der Waals surface area contributed by atoms with Gasteiger partial charge in [0.1, 0.15) is 6.33 Å². The average Bonchev–Trinajstić information content (AvgIpc) is 3.02. The van der Waals surface area contributed by atoms with E-state index in [1.165, 1.54) is 0 Å². The fourth-order valence-corrected chi connectivity index (χ4v) is 2.20. The fraction of sp³-hybridized carbons (Fsp3) is 0.385. The summed E-state index contributed by atoms with van der Waals surface area (Å²) in [4.78, 5) is 8.64. The summed E-state index contributed by atoms with van der Waals surface area (Å²) in [5, 5.41) is 9.78. The van der Waals surface area contributed by atoms with E-state index in [-0.39, 0.29) is 0 Å². The van der Waals surface area contributed by atoms with Gasteiger partial charge in [0, 0.05) is 12.7 Å². The van der Waals surface area contributed by atoms with Crippen molar-refractivity contribution in [3.63, 3.8) is 0 Å². The second-order valence-corrected chi connectivity index (χ2v) is 4.45. The van der Waals surface area contributed by atoms with Crippen LogP contribution >= 0.6 is 0 Å². The molecule has 0 N–H and O–H groups in total. The number of hydrogen-bond acceptors (Lipinski definition) is 4. The number of hydrogen-bond donors (Lipinski definition) is 0. The first-order valence-electron chi connectivity index (χ1n) is 6.45. The van der Waals surface area contributed by atoms with E-state index in [4.69, 9.17) is 0 Å². The van der Waals surface area contributed by atoms with Crippen LogP contribution in [0.2, 0.25) is 0 Å². The summed E-state index contributed by atoms with van der Waals surface area (Å²) < 4.78 is 3.65. The summed E-state index contributed by atoms with van der Waals surface area (Å²) in [6.45, 7) is 4.22. The third-order valence-electron chi connectivity index (χ3n) is 3.27. The van der Waals surface area contributed by atoms with Crippen molar-refractivity contribution in [2.24, 2.45) is 7.05 Å². The maximum absolute atomic E-state index is 4.62. The van der Waals surface area contributed by atoms with Crippen LogP contribution in [0.5, 0.6) is 0 Å². The Morgan fingerprint density at radius 3 is 2.74 bits per heavy atom. The highest BCUT2D eigenvalue weighted by Crippen LogP contribution is 2.19. The SMILES string of the molecule is CCc1cc(CC)n(-c2ncnc3c2cnn3C)n1. The summed E-state index contributed by atoms with van der Waals surface area (Å²) in [6, 6.07) is 2.13. The summed E-state index contributed by atoms with van der Waals surface area (Å²) in [5.41, 5.74) is 3.05. The Morgan fingerprint density at radius 2 is 2.00 bits per heavy atom. The highest BCUT2D eigenvalue weighted by atomic mass is 15.3. The van der Waals surface area contributed by atoms with Gasteiger partial charge < -0.3 is 0 Å². The molecule has 0 spiro atoms. The first-order valence-corrected chi connectivity index (χ1v) is 6.45. The Hall–Kier alpha value is -2.24. The molecular formula is C13H16N6. The Kier molecular flexibility index (Phi) is 2.77. The molecule has 0 unspecified atom stereocenters.